The minimum Gasteiger partial charge on any atom is -0.346 e. The smallest absolute Gasteiger partial charge is 0.204 e. The standard InChI is InChI=1S/C21H19N3O/c1-21(2)15-8-4-5-9-17(15)24(3)19(21)13-23-20-14-7-6-12-22-16(14)10-11-18(20)25/h4-13H,1-3H3/b19-13+,23-20?. The first-order valence-corrected chi connectivity index (χ1v) is 8.29. The van der Waals surface area contributed by atoms with Crippen molar-refractivity contribution >= 4 is 23.3 Å². The monoisotopic (exact) mass is 329 g/mol. The molecule has 0 spiro atoms. The van der Waals surface area contributed by atoms with Crippen LogP contribution in [0.3, 0.4) is 0 Å². The molecule has 1 aliphatic heterocycles. The summed E-state index contributed by atoms with van der Waals surface area (Å²) >= 11 is 0. The lowest BCUT2D eigenvalue weighted by atomic mass is 9.84. The lowest BCUT2D eigenvalue weighted by Crippen LogP contribution is -2.23. The number of hydrogen-bond donors (Lipinski definition) is 0. The third-order valence-electron chi connectivity index (χ3n) is 4.98. The molecule has 4 heteroatoms. The average molecular weight is 329 g/mol. The molecule has 0 bridgehead atoms. The van der Waals surface area contributed by atoms with Crippen LogP contribution in [0, 0.1) is 0 Å². The number of ketones is 1. The van der Waals surface area contributed by atoms with Gasteiger partial charge in [-0.05, 0) is 35.9 Å². The topological polar surface area (TPSA) is 45.6 Å². The maximum atomic E-state index is 12.3. The fourth-order valence-electron chi connectivity index (χ4n) is 3.61. The zero-order valence-corrected chi connectivity index (χ0v) is 14.5. The first kappa shape index (κ1) is 15.5. The number of aliphatic imine (C=N–C) groups is 1. The maximum absolute atomic E-state index is 12.3. The van der Waals surface area contributed by atoms with Crippen LogP contribution in [-0.2, 0) is 10.2 Å². The van der Waals surface area contributed by atoms with E-state index in [0.29, 0.717) is 5.71 Å². The molecule has 0 unspecified atom stereocenters. The summed E-state index contributed by atoms with van der Waals surface area (Å²) in [4.78, 5) is 23.4. The summed E-state index contributed by atoms with van der Waals surface area (Å²) in [6.07, 6.45) is 6.82. The predicted octanol–water partition coefficient (Wildman–Crippen LogP) is 3.74. The molecule has 0 saturated heterocycles. The highest BCUT2D eigenvalue weighted by molar-refractivity contribution is 6.52. The molecule has 0 fully saturated rings. The molecule has 25 heavy (non-hydrogen) atoms. The van der Waals surface area contributed by atoms with Gasteiger partial charge >= 0.3 is 0 Å². The number of nitrogens with zero attached hydrogens (tertiary/aromatic N) is 3. The summed E-state index contributed by atoms with van der Waals surface area (Å²) in [6.45, 7) is 4.36. The van der Waals surface area contributed by atoms with Crippen LogP contribution < -0.4 is 4.90 Å². The molecule has 2 aliphatic rings. The Labute approximate surface area is 147 Å². The van der Waals surface area contributed by atoms with Crippen LogP contribution >= 0.6 is 0 Å². The largest absolute Gasteiger partial charge is 0.346 e. The van der Waals surface area contributed by atoms with Crippen molar-refractivity contribution in [3.05, 3.63) is 77.4 Å². The van der Waals surface area contributed by atoms with E-state index in [9.17, 15) is 4.79 Å². The van der Waals surface area contributed by atoms with Crippen molar-refractivity contribution in [2.75, 3.05) is 11.9 Å². The van der Waals surface area contributed by atoms with Gasteiger partial charge in [0.05, 0.1) is 5.69 Å². The SMILES string of the molecule is CN1/C(=C/N=C2C(=O)C=Cc3ncccc32)C(C)(C)c2ccccc21. The summed E-state index contributed by atoms with van der Waals surface area (Å²) in [6, 6.07) is 12.1. The third kappa shape index (κ3) is 2.33. The number of benzene rings is 1. The van der Waals surface area contributed by atoms with Crippen molar-refractivity contribution in [3.63, 3.8) is 0 Å². The molecule has 0 radical (unpaired) electrons. The van der Waals surface area contributed by atoms with Gasteiger partial charge in [0.15, 0.2) is 0 Å². The highest BCUT2D eigenvalue weighted by Gasteiger charge is 2.38. The first-order chi connectivity index (χ1) is 12.0. The van der Waals surface area contributed by atoms with E-state index < -0.39 is 0 Å². The Kier molecular flexibility index (Phi) is 3.42. The molecular formula is C21H19N3O. The van der Waals surface area contributed by atoms with Crippen LogP contribution in [0.25, 0.3) is 6.08 Å². The zero-order chi connectivity index (χ0) is 17.6. The van der Waals surface area contributed by atoms with Crippen LogP contribution in [0.1, 0.15) is 30.7 Å². The number of carbonyl (C=O) groups is 1. The molecule has 2 heterocycles. The van der Waals surface area contributed by atoms with E-state index in [2.05, 4.69) is 46.9 Å². The van der Waals surface area contributed by atoms with Crippen molar-refractivity contribution in [2.45, 2.75) is 19.3 Å². The summed E-state index contributed by atoms with van der Waals surface area (Å²) in [5.74, 6) is -0.0895. The molecule has 0 saturated carbocycles. The number of carbonyl (C=O) groups excluding carboxylic acids is 1. The van der Waals surface area contributed by atoms with Gasteiger partial charge in [-0.1, -0.05) is 32.0 Å². The normalized spacial score (nSPS) is 20.9. The van der Waals surface area contributed by atoms with Crippen molar-refractivity contribution < 1.29 is 4.79 Å². The molecule has 1 aliphatic carbocycles. The van der Waals surface area contributed by atoms with Crippen molar-refractivity contribution in [1.82, 2.24) is 4.98 Å². The predicted molar refractivity (Wildman–Crippen MR) is 101 cm³/mol. The molecule has 0 atom stereocenters. The molecule has 1 aromatic carbocycles. The molecule has 0 amide bonds. The summed E-state index contributed by atoms with van der Waals surface area (Å²) < 4.78 is 0. The highest BCUT2D eigenvalue weighted by Crippen LogP contribution is 2.46. The van der Waals surface area contributed by atoms with Crippen molar-refractivity contribution in [1.29, 1.82) is 0 Å². The lowest BCUT2D eigenvalue weighted by Gasteiger charge is -2.23. The fraction of sp³-hybridized carbons (Fsp3) is 0.190. The fourth-order valence-corrected chi connectivity index (χ4v) is 3.61. The minimum atomic E-state index is -0.166. The quantitative estimate of drug-likeness (QED) is 0.801. The average Bonchev–Trinajstić information content (AvgIpc) is 2.81. The van der Waals surface area contributed by atoms with Crippen LogP contribution in [0.2, 0.25) is 0 Å². The Balaban J connectivity index is 1.81. The molecule has 1 aromatic heterocycles. The number of aromatic nitrogens is 1. The molecular weight excluding hydrogens is 310 g/mol. The Morgan fingerprint density at radius 3 is 2.72 bits per heavy atom. The molecule has 2 aromatic rings. The van der Waals surface area contributed by atoms with E-state index in [1.165, 1.54) is 17.3 Å². The Bertz CT molecular complexity index is 967. The second-order valence-electron chi connectivity index (χ2n) is 6.83. The number of fused-ring (bicyclic) bond motifs is 2. The van der Waals surface area contributed by atoms with Crippen LogP contribution in [0.15, 0.2) is 65.6 Å². The van der Waals surface area contributed by atoms with Crippen LogP contribution in [0.5, 0.6) is 0 Å². The summed E-state index contributed by atoms with van der Waals surface area (Å²) in [7, 11) is 2.04. The van der Waals surface area contributed by atoms with E-state index >= 15 is 0 Å². The van der Waals surface area contributed by atoms with E-state index in [1.807, 2.05) is 31.4 Å². The summed E-state index contributed by atoms with van der Waals surface area (Å²) in [5, 5.41) is 0. The van der Waals surface area contributed by atoms with Gasteiger partial charge in [-0.2, -0.15) is 0 Å². The number of pyridine rings is 1. The van der Waals surface area contributed by atoms with Crippen LogP contribution in [0.4, 0.5) is 5.69 Å². The lowest BCUT2D eigenvalue weighted by molar-refractivity contribution is -0.108. The van der Waals surface area contributed by atoms with Gasteiger partial charge in [-0.3, -0.25) is 14.8 Å². The van der Waals surface area contributed by atoms with Crippen molar-refractivity contribution in [2.24, 2.45) is 4.99 Å². The maximum Gasteiger partial charge on any atom is 0.204 e. The second-order valence-corrected chi connectivity index (χ2v) is 6.83. The van der Waals surface area contributed by atoms with E-state index in [0.717, 1.165) is 17.0 Å². The number of hydrogen-bond acceptors (Lipinski definition) is 4. The second kappa shape index (κ2) is 5.52. The molecule has 124 valence electrons. The van der Waals surface area contributed by atoms with Crippen LogP contribution in [-0.4, -0.2) is 23.5 Å². The number of likely N-dealkylation sites (N-methyl/N-ethyl adjacent to an activating group) is 1. The molecule has 0 N–H and O–H groups in total. The van der Waals surface area contributed by atoms with E-state index in [1.54, 1.807) is 12.3 Å². The highest BCUT2D eigenvalue weighted by atomic mass is 16.1. The zero-order valence-electron chi connectivity index (χ0n) is 14.5. The summed E-state index contributed by atoms with van der Waals surface area (Å²) in [5.41, 5.74) is 5.34. The Morgan fingerprint density at radius 1 is 1.12 bits per heavy atom. The van der Waals surface area contributed by atoms with Crippen molar-refractivity contribution in [3.8, 4) is 0 Å². The van der Waals surface area contributed by atoms with Gasteiger partial charge in [0.2, 0.25) is 5.78 Å². The molecule has 4 rings (SSSR count). The third-order valence-corrected chi connectivity index (χ3v) is 4.98. The Hall–Kier alpha value is -3.01. The van der Waals surface area contributed by atoms with E-state index in [4.69, 9.17) is 0 Å². The number of allylic oxidation sites excluding steroid dienone is 2. The van der Waals surface area contributed by atoms with Gasteiger partial charge in [0.25, 0.3) is 0 Å². The molecule has 4 nitrogen and oxygen atoms in total. The van der Waals surface area contributed by atoms with E-state index in [-0.39, 0.29) is 11.2 Å². The number of rotatable bonds is 1. The first-order valence-electron chi connectivity index (χ1n) is 8.29. The van der Waals surface area contributed by atoms with Gasteiger partial charge < -0.3 is 4.90 Å². The van der Waals surface area contributed by atoms with Gasteiger partial charge in [-0.15, -0.1) is 0 Å². The van der Waals surface area contributed by atoms with Gasteiger partial charge in [0, 0.05) is 41.8 Å². The minimum absolute atomic E-state index is 0.0895. The van der Waals surface area contributed by atoms with Gasteiger partial charge in [0.1, 0.15) is 5.71 Å². The number of anilines is 1. The van der Waals surface area contributed by atoms with Gasteiger partial charge in [-0.25, -0.2) is 0 Å². The number of para-hydroxylation sites is 1. The Morgan fingerprint density at radius 2 is 1.92 bits per heavy atom.